The molecular weight excluding hydrogens is 244 g/mol. The van der Waals surface area contributed by atoms with Crippen LogP contribution in [-0.4, -0.2) is 23.4 Å². The zero-order valence-corrected chi connectivity index (χ0v) is 11.3. The van der Waals surface area contributed by atoms with Crippen LogP contribution in [0, 0.1) is 0 Å². The zero-order chi connectivity index (χ0) is 13.9. The quantitative estimate of drug-likeness (QED) is 0.527. The molecule has 0 bridgehead atoms. The number of phenolic OH excluding ortho intramolecular Hbond substituents is 1. The van der Waals surface area contributed by atoms with E-state index in [2.05, 4.69) is 0 Å². The number of benzene rings is 1. The van der Waals surface area contributed by atoms with E-state index in [1.165, 1.54) is 6.08 Å². The molecule has 0 unspecified atom stereocenters. The van der Waals surface area contributed by atoms with Gasteiger partial charge in [-0.3, -0.25) is 0 Å². The molecule has 0 aromatic heterocycles. The van der Waals surface area contributed by atoms with E-state index in [1.807, 2.05) is 0 Å². The maximum absolute atomic E-state index is 9.12. The lowest BCUT2D eigenvalue weighted by molar-refractivity contribution is 0.0898. The Morgan fingerprint density at radius 3 is 2.32 bits per heavy atom. The van der Waals surface area contributed by atoms with Gasteiger partial charge in [0.15, 0.2) is 0 Å². The van der Waals surface area contributed by atoms with Crippen LogP contribution in [0.4, 0.5) is 0 Å². The van der Waals surface area contributed by atoms with E-state index in [-0.39, 0.29) is 11.7 Å². The van der Waals surface area contributed by atoms with Gasteiger partial charge in [0, 0.05) is 0 Å². The molecule has 0 saturated heterocycles. The van der Waals surface area contributed by atoms with Gasteiger partial charge in [-0.15, -0.1) is 0 Å². The minimum atomic E-state index is -0.00402. The fraction of sp³-hybridized carbons (Fsp3) is 0.467. The van der Waals surface area contributed by atoms with Crippen LogP contribution in [-0.2, 0) is 4.74 Å². The Bertz CT molecular complexity index is 370. The highest BCUT2D eigenvalue weighted by atomic mass is 16.6. The predicted molar refractivity (Wildman–Crippen MR) is 74.4 cm³/mol. The molecule has 1 aromatic carbocycles. The second-order valence-corrected chi connectivity index (χ2v) is 4.23. The molecule has 1 aromatic rings. The molecule has 4 heteroatoms. The topological polar surface area (TPSA) is 58.9 Å². The lowest BCUT2D eigenvalue weighted by Gasteiger charge is -2.06. The average molecular weight is 266 g/mol. The predicted octanol–water partition coefficient (Wildman–Crippen LogP) is 3.77. The van der Waals surface area contributed by atoms with E-state index in [0.29, 0.717) is 13.2 Å². The molecule has 0 heterocycles. The van der Waals surface area contributed by atoms with Crippen LogP contribution in [0.25, 0.3) is 0 Å². The van der Waals surface area contributed by atoms with Gasteiger partial charge in [-0.25, -0.2) is 0 Å². The van der Waals surface area contributed by atoms with Crippen LogP contribution >= 0.6 is 0 Å². The summed E-state index contributed by atoms with van der Waals surface area (Å²) in [6.45, 7) is 2.96. The Morgan fingerprint density at radius 1 is 1.05 bits per heavy atom. The van der Waals surface area contributed by atoms with Crippen molar-refractivity contribution < 1.29 is 19.7 Å². The number of allylic oxidation sites excluding steroid dienone is 1. The molecule has 0 aliphatic rings. The van der Waals surface area contributed by atoms with Crippen LogP contribution in [0.2, 0.25) is 0 Å². The highest BCUT2D eigenvalue weighted by Crippen LogP contribution is 2.16. The Labute approximate surface area is 114 Å². The van der Waals surface area contributed by atoms with Crippen LogP contribution in [0.1, 0.15) is 32.6 Å². The summed E-state index contributed by atoms with van der Waals surface area (Å²) in [7, 11) is 0. The Kier molecular flexibility index (Phi) is 7.32. The van der Waals surface area contributed by atoms with Crippen molar-refractivity contribution in [2.75, 3.05) is 13.2 Å². The van der Waals surface area contributed by atoms with Crippen molar-refractivity contribution in [1.29, 1.82) is 0 Å². The van der Waals surface area contributed by atoms with Gasteiger partial charge >= 0.3 is 0 Å². The van der Waals surface area contributed by atoms with E-state index in [0.717, 1.165) is 31.4 Å². The zero-order valence-electron chi connectivity index (χ0n) is 11.3. The van der Waals surface area contributed by atoms with E-state index in [9.17, 15) is 0 Å². The second kappa shape index (κ2) is 9.14. The maximum Gasteiger partial charge on any atom is 0.272 e. The first-order chi connectivity index (χ1) is 9.22. The molecule has 19 heavy (non-hydrogen) atoms. The summed E-state index contributed by atoms with van der Waals surface area (Å²) < 4.78 is 10.6. The number of hydrogen-bond donors (Lipinski definition) is 2. The van der Waals surface area contributed by atoms with Crippen LogP contribution in [0.15, 0.2) is 36.3 Å². The molecular formula is C15H22O4. The molecule has 0 fully saturated rings. The molecule has 4 nitrogen and oxygen atoms in total. The number of ether oxygens (including phenoxy) is 2. The molecule has 0 spiro atoms. The molecule has 0 atom stereocenters. The molecule has 2 N–H and O–H groups in total. The Hall–Kier alpha value is -1.84. The van der Waals surface area contributed by atoms with Gasteiger partial charge in [0.25, 0.3) is 5.95 Å². The molecule has 0 amide bonds. The summed E-state index contributed by atoms with van der Waals surface area (Å²) >= 11 is 0. The van der Waals surface area contributed by atoms with Gasteiger partial charge in [0.05, 0.1) is 13.2 Å². The molecule has 0 aliphatic carbocycles. The smallest absolute Gasteiger partial charge is 0.272 e. The standard InChI is InChI=1S/C15H22O4/c1-2-15(17)19-12-6-4-3-5-11-18-14-9-7-13(16)8-10-14/h2,7-10,16-17H,3-6,11-12H2,1H3/b15-2+. The summed E-state index contributed by atoms with van der Waals surface area (Å²) in [5.74, 6) is 1.02. The number of aliphatic hydroxyl groups is 1. The first-order valence-electron chi connectivity index (χ1n) is 6.62. The van der Waals surface area contributed by atoms with Crippen molar-refractivity contribution >= 4 is 0 Å². The molecule has 1 rings (SSSR count). The van der Waals surface area contributed by atoms with Gasteiger partial charge < -0.3 is 19.7 Å². The number of aromatic hydroxyl groups is 1. The van der Waals surface area contributed by atoms with Gasteiger partial charge in [-0.1, -0.05) is 0 Å². The van der Waals surface area contributed by atoms with Gasteiger partial charge in [0.2, 0.25) is 0 Å². The highest BCUT2D eigenvalue weighted by molar-refractivity contribution is 5.29. The number of unbranched alkanes of at least 4 members (excludes halogenated alkanes) is 3. The number of rotatable bonds is 9. The normalized spacial score (nSPS) is 11.3. The lowest BCUT2D eigenvalue weighted by atomic mass is 10.2. The Morgan fingerprint density at radius 2 is 1.68 bits per heavy atom. The molecule has 0 saturated carbocycles. The van der Waals surface area contributed by atoms with Crippen LogP contribution in [0.3, 0.4) is 0 Å². The fourth-order valence-corrected chi connectivity index (χ4v) is 1.55. The first-order valence-corrected chi connectivity index (χ1v) is 6.62. The minimum absolute atomic E-state index is 0.00402. The third kappa shape index (κ3) is 7.24. The second-order valence-electron chi connectivity index (χ2n) is 4.23. The summed E-state index contributed by atoms with van der Waals surface area (Å²) in [5.41, 5.74) is 0. The van der Waals surface area contributed by atoms with Crippen molar-refractivity contribution in [1.82, 2.24) is 0 Å². The van der Waals surface area contributed by atoms with Crippen molar-refractivity contribution in [3.05, 3.63) is 36.3 Å². The van der Waals surface area contributed by atoms with Gasteiger partial charge in [-0.05, 0) is 62.9 Å². The number of hydrogen-bond acceptors (Lipinski definition) is 4. The SMILES string of the molecule is C/C=C(\O)OCCCCCCOc1ccc(O)cc1. The molecule has 0 aliphatic heterocycles. The first kappa shape index (κ1) is 15.2. The third-order valence-corrected chi connectivity index (χ3v) is 2.64. The largest absolute Gasteiger partial charge is 0.508 e. The third-order valence-electron chi connectivity index (χ3n) is 2.64. The van der Waals surface area contributed by atoms with E-state index < -0.39 is 0 Å². The summed E-state index contributed by atoms with van der Waals surface area (Å²) in [4.78, 5) is 0. The summed E-state index contributed by atoms with van der Waals surface area (Å²) in [6, 6.07) is 6.73. The summed E-state index contributed by atoms with van der Waals surface area (Å²) in [6.07, 6.45) is 5.56. The van der Waals surface area contributed by atoms with Gasteiger partial charge in [-0.2, -0.15) is 0 Å². The monoisotopic (exact) mass is 266 g/mol. The highest BCUT2D eigenvalue weighted by Gasteiger charge is 1.96. The summed E-state index contributed by atoms with van der Waals surface area (Å²) in [5, 5.41) is 18.2. The van der Waals surface area contributed by atoms with Crippen molar-refractivity contribution in [2.45, 2.75) is 32.6 Å². The Balaban J connectivity index is 1.95. The van der Waals surface area contributed by atoms with E-state index in [4.69, 9.17) is 19.7 Å². The van der Waals surface area contributed by atoms with Crippen molar-refractivity contribution in [2.24, 2.45) is 0 Å². The maximum atomic E-state index is 9.12. The minimum Gasteiger partial charge on any atom is -0.508 e. The number of phenols is 1. The molecule has 0 radical (unpaired) electrons. The van der Waals surface area contributed by atoms with Crippen molar-refractivity contribution in [3.8, 4) is 11.5 Å². The van der Waals surface area contributed by atoms with Crippen LogP contribution < -0.4 is 4.74 Å². The lowest BCUT2D eigenvalue weighted by Crippen LogP contribution is -1.98. The molecule has 106 valence electrons. The van der Waals surface area contributed by atoms with E-state index >= 15 is 0 Å². The van der Waals surface area contributed by atoms with Crippen molar-refractivity contribution in [3.63, 3.8) is 0 Å². The fourth-order valence-electron chi connectivity index (χ4n) is 1.55. The van der Waals surface area contributed by atoms with Gasteiger partial charge in [0.1, 0.15) is 11.5 Å². The van der Waals surface area contributed by atoms with E-state index in [1.54, 1.807) is 31.2 Å². The average Bonchev–Trinajstić information content (AvgIpc) is 2.43. The van der Waals surface area contributed by atoms with Crippen LogP contribution in [0.5, 0.6) is 11.5 Å². The number of aliphatic hydroxyl groups excluding tert-OH is 1.